The van der Waals surface area contributed by atoms with Gasteiger partial charge in [0.05, 0.1) is 70.5 Å². The molecule has 5 aliphatic rings. The average Bonchev–Trinajstić information content (AvgIpc) is 4.28. The summed E-state index contributed by atoms with van der Waals surface area (Å²) in [4.78, 5) is 74.6. The number of nitrogens with zero attached hydrogens (tertiary/aromatic N) is 5. The molecule has 1 unspecified atom stereocenters. The number of hydrogen-bond donors (Lipinski definition) is 4. The van der Waals surface area contributed by atoms with Crippen molar-refractivity contribution in [1.82, 2.24) is 44.9 Å². The summed E-state index contributed by atoms with van der Waals surface area (Å²) in [5.74, 6) is 1.68. The molecule has 6 aromatic rings. The zero-order chi connectivity index (χ0) is 48.8. The number of aromatic amines is 2. The van der Waals surface area contributed by atoms with E-state index in [-0.39, 0.29) is 35.7 Å². The maximum Gasteiger partial charge on any atom is 0.407 e. The molecule has 0 radical (unpaired) electrons. The second-order valence-corrected chi connectivity index (χ2v) is 20.6. The first kappa shape index (κ1) is 46.9. The first-order valence-corrected chi connectivity index (χ1v) is 25.6. The largest absolute Gasteiger partial charge is 0.464 e. The highest BCUT2D eigenvalue weighted by atomic mass is 35.5. The molecule has 0 aliphatic carbocycles. The monoisotopic (exact) mass is 1010 g/mol. The van der Waals surface area contributed by atoms with Gasteiger partial charge in [0.25, 0.3) is 0 Å². The van der Waals surface area contributed by atoms with Gasteiger partial charge in [-0.1, -0.05) is 23.7 Å². The number of rotatable bonds is 11. The van der Waals surface area contributed by atoms with E-state index in [9.17, 15) is 19.2 Å². The number of carbonyl (C=O) groups is 4. The third-order valence-electron chi connectivity index (χ3n) is 14.8. The fourth-order valence-electron chi connectivity index (χ4n) is 11.2. The first-order valence-electron chi connectivity index (χ1n) is 24.4. The molecule has 4 aromatic heterocycles. The zero-order valence-corrected chi connectivity index (χ0v) is 41.1. The van der Waals surface area contributed by atoms with Gasteiger partial charge < -0.3 is 54.1 Å². The summed E-state index contributed by atoms with van der Waals surface area (Å²) in [6, 6.07) is 16.5. The predicted molar refractivity (Wildman–Crippen MR) is 264 cm³/mol. The number of halogens is 1. The number of ether oxygens (including phenoxy) is 5. The average molecular weight is 1010 g/mol. The highest BCUT2D eigenvalue weighted by Gasteiger charge is 2.42. The van der Waals surface area contributed by atoms with Crippen LogP contribution in [0.4, 0.5) is 9.59 Å². The van der Waals surface area contributed by atoms with Crippen LogP contribution in [0.2, 0.25) is 4.34 Å². The molecule has 2 aromatic carbocycles. The Labute approximate surface area is 418 Å². The Morgan fingerprint density at radius 1 is 0.718 bits per heavy atom. The Bertz CT molecular complexity index is 2960. The van der Waals surface area contributed by atoms with Crippen LogP contribution in [0.5, 0.6) is 5.75 Å². The van der Waals surface area contributed by atoms with Crippen LogP contribution in [-0.4, -0.2) is 124 Å². The van der Waals surface area contributed by atoms with E-state index in [1.165, 1.54) is 25.6 Å². The van der Waals surface area contributed by atoms with Crippen molar-refractivity contribution in [2.45, 2.75) is 81.8 Å². The van der Waals surface area contributed by atoms with Gasteiger partial charge in [0, 0.05) is 61.6 Å². The Morgan fingerprint density at radius 3 is 1.80 bits per heavy atom. The fraction of sp³-hybridized carbons (Fsp3) is 0.451. The molecule has 5 aliphatic heterocycles. The smallest absolute Gasteiger partial charge is 0.407 e. The summed E-state index contributed by atoms with van der Waals surface area (Å²) in [5.41, 5.74) is 6.30. The van der Waals surface area contributed by atoms with Gasteiger partial charge in [-0.3, -0.25) is 14.2 Å². The molecular formula is C51H56ClN9O9S. The highest BCUT2D eigenvalue weighted by Crippen LogP contribution is 2.48. The number of benzene rings is 2. The summed E-state index contributed by atoms with van der Waals surface area (Å²) in [5, 5.41) is 6.66. The number of aromatic nitrogens is 5. The van der Waals surface area contributed by atoms with Gasteiger partial charge >= 0.3 is 12.2 Å². The van der Waals surface area contributed by atoms with Crippen molar-refractivity contribution in [1.29, 1.82) is 0 Å². The van der Waals surface area contributed by atoms with Crippen LogP contribution < -0.4 is 15.4 Å². The molecule has 20 heteroatoms. The standard InChI is InChI=1S/C51H56ClN9O9S/c1-66-50(64)57-43(28-13-19-68-20-14-28)47(62)59-17-3-5-37(59)45-53-26-34(55-45)30-8-10-36-32(23-30)24-39-33-9-7-31(25-40(33)70-49(61(36)39)41-11-12-42(52)71-41)35-27-54-46(56-35)38-6-4-18-60(38)48(63)44(58-51(65)67-2)29-15-21-69-22-16-29/h7-12,23-29,37-38,43-44,49H,3-6,13-22H2,1-2H3,(H,53,55)(H,54,56)(H,57,64)(H,58,65)/t37-,38-,43-,44-,49?/m0/s1. The van der Waals surface area contributed by atoms with Gasteiger partial charge in [-0.25, -0.2) is 19.6 Å². The lowest BCUT2D eigenvalue weighted by Crippen LogP contribution is -2.53. The number of nitrogens with one attached hydrogen (secondary N) is 4. The van der Waals surface area contributed by atoms with Gasteiger partial charge in [0.1, 0.15) is 29.5 Å². The Hall–Kier alpha value is -6.41. The topological polar surface area (TPSA) is 207 Å². The van der Waals surface area contributed by atoms with Crippen LogP contribution in [0.3, 0.4) is 0 Å². The molecular weight excluding hydrogens is 950 g/mol. The maximum absolute atomic E-state index is 14.2. The summed E-state index contributed by atoms with van der Waals surface area (Å²) in [6.07, 6.45) is 7.65. The number of amides is 4. The van der Waals surface area contributed by atoms with Crippen LogP contribution in [0.1, 0.15) is 86.2 Å². The normalized spacial score (nSPS) is 21.3. The van der Waals surface area contributed by atoms with E-state index in [1.807, 2.05) is 34.2 Å². The van der Waals surface area contributed by atoms with Crippen molar-refractivity contribution in [3.8, 4) is 39.5 Å². The van der Waals surface area contributed by atoms with Crippen molar-refractivity contribution in [3.05, 3.63) is 87.9 Å². The van der Waals surface area contributed by atoms with Crippen LogP contribution in [0.25, 0.3) is 44.7 Å². The second-order valence-electron chi connectivity index (χ2n) is 18.9. The summed E-state index contributed by atoms with van der Waals surface area (Å²) < 4.78 is 30.8. The van der Waals surface area contributed by atoms with E-state index in [0.717, 1.165) is 75.2 Å². The second kappa shape index (κ2) is 20.0. The molecule has 372 valence electrons. The lowest BCUT2D eigenvalue weighted by molar-refractivity contribution is -0.137. The van der Waals surface area contributed by atoms with E-state index in [1.54, 1.807) is 6.20 Å². The van der Waals surface area contributed by atoms with Crippen LogP contribution in [0.15, 0.2) is 67.0 Å². The van der Waals surface area contributed by atoms with Crippen molar-refractivity contribution >= 4 is 57.8 Å². The molecule has 0 spiro atoms. The number of methoxy groups -OCH3 is 2. The lowest BCUT2D eigenvalue weighted by Gasteiger charge is -2.34. The minimum atomic E-state index is -0.724. The van der Waals surface area contributed by atoms with Crippen LogP contribution in [-0.2, 0) is 28.5 Å². The summed E-state index contributed by atoms with van der Waals surface area (Å²) in [7, 11) is 2.61. The molecule has 4 amide bonds. The minimum Gasteiger partial charge on any atom is -0.464 e. The highest BCUT2D eigenvalue weighted by molar-refractivity contribution is 7.16. The molecule has 4 fully saturated rings. The predicted octanol–water partition coefficient (Wildman–Crippen LogP) is 8.37. The maximum atomic E-state index is 14.2. The lowest BCUT2D eigenvalue weighted by atomic mass is 9.90. The van der Waals surface area contributed by atoms with E-state index in [0.29, 0.717) is 86.9 Å². The van der Waals surface area contributed by atoms with Gasteiger partial charge in [-0.05, 0) is 106 Å². The van der Waals surface area contributed by atoms with E-state index >= 15 is 0 Å². The number of fused-ring (bicyclic) bond motifs is 5. The first-order chi connectivity index (χ1) is 34.6. The van der Waals surface area contributed by atoms with Crippen molar-refractivity contribution < 1.29 is 42.9 Å². The zero-order valence-electron chi connectivity index (χ0n) is 39.5. The summed E-state index contributed by atoms with van der Waals surface area (Å²) >= 11 is 8.02. The SMILES string of the molecule is COC(=O)N[C@H](C(=O)N1CCC[C@H]1c1ncc(-c2ccc3c(c2)OC(c2ccc(Cl)s2)n2c-3cc3cc(-c4cnc([C@@H]5CCCN5C(=O)[C@@H](NC(=O)OC)C5CCOCC5)[nH]4)ccc32)[nH]1)C1CCOCC1. The number of thiophene rings is 1. The molecule has 71 heavy (non-hydrogen) atoms. The van der Waals surface area contributed by atoms with Gasteiger partial charge in [0.2, 0.25) is 18.0 Å². The Morgan fingerprint density at radius 2 is 1.27 bits per heavy atom. The molecule has 18 nitrogen and oxygen atoms in total. The number of likely N-dealkylation sites (tertiary alicyclic amines) is 2. The molecule has 4 N–H and O–H groups in total. The third-order valence-corrected chi connectivity index (χ3v) is 16.1. The Balaban J connectivity index is 0.862. The molecule has 11 rings (SSSR count). The third kappa shape index (κ3) is 9.12. The van der Waals surface area contributed by atoms with Gasteiger partial charge in [0.15, 0.2) is 0 Å². The van der Waals surface area contributed by atoms with Crippen LogP contribution in [0, 0.1) is 11.8 Å². The number of alkyl carbamates (subject to hydrolysis) is 2. The minimum absolute atomic E-state index is 0.0567. The van der Waals surface area contributed by atoms with Crippen LogP contribution >= 0.6 is 22.9 Å². The fourth-order valence-corrected chi connectivity index (χ4v) is 12.3. The number of H-pyrrole nitrogens is 2. The number of hydrogen-bond acceptors (Lipinski definition) is 12. The number of carbonyl (C=O) groups excluding carboxylic acids is 4. The van der Waals surface area contributed by atoms with Crippen molar-refractivity contribution in [2.24, 2.45) is 11.8 Å². The number of imidazole rings is 2. The quantitative estimate of drug-likeness (QED) is 0.0970. The molecule has 4 saturated heterocycles. The molecule has 5 atom stereocenters. The van der Waals surface area contributed by atoms with Gasteiger partial charge in [-0.2, -0.15) is 0 Å². The van der Waals surface area contributed by atoms with E-state index < -0.39 is 30.5 Å². The molecule has 9 heterocycles. The van der Waals surface area contributed by atoms with E-state index in [2.05, 4.69) is 61.6 Å². The molecule has 0 bridgehead atoms. The van der Waals surface area contributed by atoms with Crippen molar-refractivity contribution in [3.63, 3.8) is 0 Å². The summed E-state index contributed by atoms with van der Waals surface area (Å²) in [6.45, 7) is 3.28. The van der Waals surface area contributed by atoms with E-state index in [4.69, 9.17) is 45.3 Å². The van der Waals surface area contributed by atoms with Crippen molar-refractivity contribution in [2.75, 3.05) is 53.7 Å². The van der Waals surface area contributed by atoms with Gasteiger partial charge in [-0.15, -0.1) is 11.3 Å². The Kier molecular flexibility index (Phi) is 13.2. The molecule has 0 saturated carbocycles.